The van der Waals surface area contributed by atoms with Crippen LogP contribution in [0.4, 0.5) is 0 Å². The van der Waals surface area contributed by atoms with Crippen molar-refractivity contribution in [3.05, 3.63) is 27.7 Å². The van der Waals surface area contributed by atoms with E-state index in [0.29, 0.717) is 10.6 Å². The minimum absolute atomic E-state index is 0.0229. The molecule has 0 saturated carbocycles. The number of nitrogens with one attached hydrogen (secondary N) is 1. The van der Waals surface area contributed by atoms with Crippen LogP contribution in [-0.4, -0.2) is 49.8 Å². The highest BCUT2D eigenvalue weighted by Gasteiger charge is 2.26. The molecule has 1 aromatic rings. The molecule has 0 saturated heterocycles. The Bertz CT molecular complexity index is 706. The first-order valence-corrected chi connectivity index (χ1v) is 8.16. The van der Waals surface area contributed by atoms with Gasteiger partial charge in [0.25, 0.3) is 0 Å². The Labute approximate surface area is 137 Å². The number of sulfonamides is 1. The molecule has 1 aromatic carbocycles. The molecule has 0 unspecified atom stereocenters. The second kappa shape index (κ2) is 7.28. The van der Waals surface area contributed by atoms with E-state index in [1.807, 2.05) is 0 Å². The number of hydrogen-bond acceptors (Lipinski definition) is 4. The van der Waals surface area contributed by atoms with E-state index in [0.717, 1.165) is 4.31 Å². The molecular weight excluding hydrogens is 355 g/mol. The predicted octanol–water partition coefficient (Wildman–Crippen LogP) is 1.12. The van der Waals surface area contributed by atoms with E-state index in [4.69, 9.17) is 28.3 Å². The number of hydrogen-bond donors (Lipinski definition) is 2. The Morgan fingerprint density at radius 2 is 1.91 bits per heavy atom. The van der Waals surface area contributed by atoms with E-state index in [2.05, 4.69) is 5.32 Å². The first kappa shape index (κ1) is 18.7. The van der Waals surface area contributed by atoms with Gasteiger partial charge in [0, 0.05) is 12.1 Å². The fourth-order valence-corrected chi connectivity index (χ4v) is 3.43. The summed E-state index contributed by atoms with van der Waals surface area (Å²) in [6, 6.07) is 2.65. The largest absolute Gasteiger partial charge is 0.480 e. The van der Waals surface area contributed by atoms with Crippen LogP contribution in [0, 0.1) is 6.92 Å². The first-order chi connectivity index (χ1) is 10.1. The van der Waals surface area contributed by atoms with E-state index < -0.39 is 35.0 Å². The van der Waals surface area contributed by atoms with Crippen molar-refractivity contribution in [1.82, 2.24) is 9.62 Å². The van der Waals surface area contributed by atoms with Crippen LogP contribution in [0.3, 0.4) is 0 Å². The third kappa shape index (κ3) is 4.33. The minimum atomic E-state index is -4.01. The first-order valence-electron chi connectivity index (χ1n) is 5.96. The SMILES string of the molecule is Cc1c(Cl)ccc(S(=O)(=O)N(C)CC(=O)NCC(=O)O)c1Cl. The zero-order valence-electron chi connectivity index (χ0n) is 11.8. The van der Waals surface area contributed by atoms with Crippen LogP contribution in [0.1, 0.15) is 5.56 Å². The highest BCUT2D eigenvalue weighted by Crippen LogP contribution is 2.31. The average molecular weight is 369 g/mol. The van der Waals surface area contributed by atoms with Crippen molar-refractivity contribution in [3.63, 3.8) is 0 Å². The van der Waals surface area contributed by atoms with Gasteiger partial charge in [-0.05, 0) is 24.6 Å². The van der Waals surface area contributed by atoms with Gasteiger partial charge in [-0.15, -0.1) is 0 Å². The second-order valence-corrected chi connectivity index (χ2v) is 7.21. The van der Waals surface area contributed by atoms with E-state index in [9.17, 15) is 18.0 Å². The average Bonchev–Trinajstić information content (AvgIpc) is 2.42. The molecule has 0 spiro atoms. The van der Waals surface area contributed by atoms with Crippen LogP contribution in [0.5, 0.6) is 0 Å². The molecule has 2 N–H and O–H groups in total. The summed E-state index contributed by atoms with van der Waals surface area (Å²) in [6.45, 7) is 0.449. The lowest BCUT2D eigenvalue weighted by atomic mass is 10.2. The molecule has 7 nitrogen and oxygen atoms in total. The monoisotopic (exact) mass is 368 g/mol. The van der Waals surface area contributed by atoms with Gasteiger partial charge in [-0.1, -0.05) is 23.2 Å². The summed E-state index contributed by atoms with van der Waals surface area (Å²) in [6.07, 6.45) is 0. The summed E-state index contributed by atoms with van der Waals surface area (Å²) >= 11 is 11.9. The molecule has 1 amide bonds. The van der Waals surface area contributed by atoms with E-state index in [1.165, 1.54) is 19.2 Å². The molecule has 0 atom stereocenters. The van der Waals surface area contributed by atoms with Gasteiger partial charge in [-0.3, -0.25) is 9.59 Å². The fourth-order valence-electron chi connectivity index (χ4n) is 1.52. The number of rotatable bonds is 6. The summed E-state index contributed by atoms with van der Waals surface area (Å²) < 4.78 is 25.6. The maximum absolute atomic E-state index is 12.4. The Morgan fingerprint density at radius 3 is 2.45 bits per heavy atom. The Kier molecular flexibility index (Phi) is 6.18. The molecule has 0 aliphatic rings. The standard InChI is InChI=1S/C12H14Cl2N2O5S/c1-7-8(13)3-4-9(12(7)14)22(20,21)16(2)6-10(17)15-5-11(18)19/h3-4H,5-6H2,1-2H3,(H,15,17)(H,18,19). The van der Waals surface area contributed by atoms with E-state index >= 15 is 0 Å². The van der Waals surface area contributed by atoms with Crippen molar-refractivity contribution in [3.8, 4) is 0 Å². The zero-order chi connectivity index (χ0) is 17.1. The van der Waals surface area contributed by atoms with Gasteiger partial charge in [0.05, 0.1) is 11.6 Å². The number of carbonyl (C=O) groups is 2. The Balaban J connectivity index is 2.97. The van der Waals surface area contributed by atoms with Crippen molar-refractivity contribution in [2.45, 2.75) is 11.8 Å². The number of benzene rings is 1. The van der Waals surface area contributed by atoms with Gasteiger partial charge in [0.15, 0.2) is 0 Å². The number of halogens is 2. The number of carbonyl (C=O) groups excluding carboxylic acids is 1. The van der Waals surface area contributed by atoms with Crippen molar-refractivity contribution < 1.29 is 23.1 Å². The van der Waals surface area contributed by atoms with Gasteiger partial charge in [0.1, 0.15) is 11.4 Å². The fraction of sp³-hybridized carbons (Fsp3) is 0.333. The van der Waals surface area contributed by atoms with Gasteiger partial charge in [0.2, 0.25) is 15.9 Å². The zero-order valence-corrected chi connectivity index (χ0v) is 14.1. The van der Waals surface area contributed by atoms with Crippen LogP contribution < -0.4 is 5.32 Å². The molecule has 1 rings (SSSR count). The maximum atomic E-state index is 12.4. The molecule has 0 radical (unpaired) electrons. The quantitative estimate of drug-likeness (QED) is 0.782. The third-order valence-electron chi connectivity index (χ3n) is 2.78. The molecule has 0 heterocycles. The Morgan fingerprint density at radius 1 is 1.32 bits per heavy atom. The topological polar surface area (TPSA) is 104 Å². The lowest BCUT2D eigenvalue weighted by Crippen LogP contribution is -2.40. The van der Waals surface area contributed by atoms with Crippen LogP contribution in [0.2, 0.25) is 10.0 Å². The number of aliphatic carboxylic acids is 1. The van der Waals surface area contributed by atoms with Crippen LogP contribution in [0.15, 0.2) is 17.0 Å². The summed E-state index contributed by atoms with van der Waals surface area (Å²) in [4.78, 5) is 21.7. The number of likely N-dealkylation sites (N-methyl/N-ethyl adjacent to an activating group) is 1. The maximum Gasteiger partial charge on any atom is 0.322 e. The van der Waals surface area contributed by atoms with E-state index in [1.54, 1.807) is 6.92 Å². The highest BCUT2D eigenvalue weighted by molar-refractivity contribution is 7.89. The number of carboxylic acid groups (broad SMARTS) is 1. The smallest absolute Gasteiger partial charge is 0.322 e. The van der Waals surface area contributed by atoms with Crippen LogP contribution >= 0.6 is 23.2 Å². The third-order valence-corrected chi connectivity index (χ3v) is 5.63. The minimum Gasteiger partial charge on any atom is -0.480 e. The molecule has 22 heavy (non-hydrogen) atoms. The van der Waals surface area contributed by atoms with Gasteiger partial charge >= 0.3 is 5.97 Å². The molecular formula is C12H14Cl2N2O5S. The molecule has 0 aliphatic heterocycles. The van der Waals surface area contributed by atoms with E-state index in [-0.39, 0.29) is 9.92 Å². The summed E-state index contributed by atoms with van der Waals surface area (Å²) in [5.74, 6) is -1.97. The molecule has 0 aromatic heterocycles. The van der Waals surface area contributed by atoms with Crippen molar-refractivity contribution in [1.29, 1.82) is 0 Å². The number of carboxylic acids is 1. The molecule has 10 heteroatoms. The van der Waals surface area contributed by atoms with Gasteiger partial charge < -0.3 is 10.4 Å². The molecule has 0 fully saturated rings. The predicted molar refractivity (Wildman–Crippen MR) is 81.7 cm³/mol. The van der Waals surface area contributed by atoms with Crippen molar-refractivity contribution in [2.24, 2.45) is 0 Å². The number of amides is 1. The normalized spacial score (nSPS) is 11.5. The summed E-state index contributed by atoms with van der Waals surface area (Å²) in [5, 5.41) is 10.8. The highest BCUT2D eigenvalue weighted by atomic mass is 35.5. The second-order valence-electron chi connectivity index (χ2n) is 4.42. The Hall–Kier alpha value is -1.35. The molecule has 122 valence electrons. The van der Waals surface area contributed by atoms with Gasteiger partial charge in [-0.2, -0.15) is 4.31 Å². The van der Waals surface area contributed by atoms with Crippen molar-refractivity contribution >= 4 is 45.1 Å². The lowest BCUT2D eigenvalue weighted by molar-refractivity contribution is -0.137. The van der Waals surface area contributed by atoms with Crippen LogP contribution in [0.25, 0.3) is 0 Å². The van der Waals surface area contributed by atoms with Gasteiger partial charge in [-0.25, -0.2) is 8.42 Å². The summed E-state index contributed by atoms with van der Waals surface area (Å²) in [7, 11) is -2.82. The molecule has 0 aliphatic carbocycles. The number of nitrogens with zero attached hydrogens (tertiary/aromatic N) is 1. The lowest BCUT2D eigenvalue weighted by Gasteiger charge is -2.18. The molecule has 0 bridgehead atoms. The van der Waals surface area contributed by atoms with Crippen molar-refractivity contribution in [2.75, 3.05) is 20.1 Å². The van der Waals surface area contributed by atoms with Crippen LogP contribution in [-0.2, 0) is 19.6 Å². The summed E-state index contributed by atoms with van der Waals surface area (Å²) in [5.41, 5.74) is 0.410.